The highest BCUT2D eigenvalue weighted by Gasteiger charge is 2.21. The Kier molecular flexibility index (Phi) is 6.54. The first kappa shape index (κ1) is 22.6. The van der Waals surface area contributed by atoms with Crippen molar-refractivity contribution in [3.8, 4) is 0 Å². The van der Waals surface area contributed by atoms with E-state index in [2.05, 4.69) is 29.2 Å². The van der Waals surface area contributed by atoms with Gasteiger partial charge in [0.25, 0.3) is 5.56 Å². The molecule has 3 aromatic rings. The summed E-state index contributed by atoms with van der Waals surface area (Å²) in [6.45, 7) is 9.44. The summed E-state index contributed by atoms with van der Waals surface area (Å²) in [6.07, 6.45) is 0.764. The third-order valence-corrected chi connectivity index (χ3v) is 5.24. The molecule has 0 bridgehead atoms. The molecule has 0 unspecified atom stereocenters. The number of esters is 1. The van der Waals surface area contributed by atoms with Gasteiger partial charge in [-0.15, -0.1) is 0 Å². The van der Waals surface area contributed by atoms with Crippen LogP contribution in [0.4, 0.5) is 5.69 Å². The highest BCUT2D eigenvalue weighted by atomic mass is 32.1. The topological polar surface area (TPSA) is 103 Å². The van der Waals surface area contributed by atoms with Gasteiger partial charge in [0.1, 0.15) is 11.6 Å². The van der Waals surface area contributed by atoms with Gasteiger partial charge >= 0.3 is 5.97 Å². The molecule has 3 rings (SSSR count). The first-order valence-corrected chi connectivity index (χ1v) is 10.8. The number of benzene rings is 1. The molecular formula is C22H26N4O4S. The Labute approximate surface area is 184 Å². The SMILES string of the molecule is CC(C)Cc1nn2c(=O)cc(COC(=O)c3cccc(NC(=O)C(C)(C)C)c3)nc2s1. The number of aromatic nitrogens is 3. The maximum atomic E-state index is 12.5. The number of fused-ring (bicyclic) bond motifs is 1. The number of carbonyl (C=O) groups is 2. The van der Waals surface area contributed by atoms with Crippen LogP contribution in [0.2, 0.25) is 0 Å². The predicted molar refractivity (Wildman–Crippen MR) is 119 cm³/mol. The molecule has 0 radical (unpaired) electrons. The van der Waals surface area contributed by atoms with Crippen LogP contribution >= 0.6 is 11.3 Å². The summed E-state index contributed by atoms with van der Waals surface area (Å²) in [5.41, 5.74) is 0.293. The van der Waals surface area contributed by atoms with Crippen LogP contribution in [-0.4, -0.2) is 26.5 Å². The highest BCUT2D eigenvalue weighted by molar-refractivity contribution is 7.16. The van der Waals surface area contributed by atoms with Gasteiger partial charge in [-0.25, -0.2) is 9.78 Å². The van der Waals surface area contributed by atoms with E-state index in [1.165, 1.54) is 21.9 Å². The second-order valence-corrected chi connectivity index (χ2v) is 9.78. The molecule has 0 aliphatic rings. The van der Waals surface area contributed by atoms with Gasteiger partial charge < -0.3 is 10.1 Å². The largest absolute Gasteiger partial charge is 0.456 e. The van der Waals surface area contributed by atoms with Crippen LogP contribution in [0.15, 0.2) is 35.1 Å². The fourth-order valence-electron chi connectivity index (χ4n) is 2.67. The molecule has 2 aromatic heterocycles. The molecule has 0 aliphatic heterocycles. The van der Waals surface area contributed by atoms with Crippen molar-refractivity contribution in [3.05, 3.63) is 57.0 Å². The van der Waals surface area contributed by atoms with Crippen LogP contribution in [0.1, 0.15) is 55.7 Å². The number of carbonyl (C=O) groups excluding carboxylic acids is 2. The Bertz CT molecular complexity index is 1170. The van der Waals surface area contributed by atoms with Crippen molar-refractivity contribution in [2.45, 2.75) is 47.6 Å². The van der Waals surface area contributed by atoms with E-state index in [1.807, 2.05) is 20.8 Å². The minimum atomic E-state index is -0.571. The van der Waals surface area contributed by atoms with Crippen LogP contribution in [0.5, 0.6) is 0 Å². The number of nitrogens with one attached hydrogen (secondary N) is 1. The number of anilines is 1. The third-order valence-electron chi connectivity index (χ3n) is 4.31. The van der Waals surface area contributed by atoms with Crippen molar-refractivity contribution >= 4 is 33.9 Å². The summed E-state index contributed by atoms with van der Waals surface area (Å²) >= 11 is 1.35. The monoisotopic (exact) mass is 442 g/mol. The van der Waals surface area contributed by atoms with Crippen LogP contribution in [0.3, 0.4) is 0 Å². The van der Waals surface area contributed by atoms with Crippen molar-refractivity contribution < 1.29 is 14.3 Å². The van der Waals surface area contributed by atoms with Gasteiger partial charge in [-0.2, -0.15) is 9.61 Å². The fourth-order valence-corrected chi connectivity index (χ4v) is 3.80. The molecule has 1 N–H and O–H groups in total. The van der Waals surface area contributed by atoms with E-state index in [4.69, 9.17) is 4.74 Å². The van der Waals surface area contributed by atoms with Crippen molar-refractivity contribution in [1.82, 2.24) is 14.6 Å². The Hall–Kier alpha value is -3.07. The first-order chi connectivity index (χ1) is 14.5. The summed E-state index contributed by atoms with van der Waals surface area (Å²) in [4.78, 5) is 41.8. The van der Waals surface area contributed by atoms with E-state index < -0.39 is 11.4 Å². The van der Waals surface area contributed by atoms with E-state index in [9.17, 15) is 14.4 Å². The number of hydrogen-bond donors (Lipinski definition) is 1. The molecule has 164 valence electrons. The van der Waals surface area contributed by atoms with Crippen molar-refractivity contribution in [1.29, 1.82) is 0 Å². The number of hydrogen-bond acceptors (Lipinski definition) is 7. The molecule has 8 nitrogen and oxygen atoms in total. The second-order valence-electron chi connectivity index (χ2n) is 8.73. The fraction of sp³-hybridized carbons (Fsp3) is 0.409. The molecule has 1 aromatic carbocycles. The molecule has 31 heavy (non-hydrogen) atoms. The maximum absolute atomic E-state index is 12.5. The maximum Gasteiger partial charge on any atom is 0.338 e. The number of amides is 1. The van der Waals surface area contributed by atoms with Gasteiger partial charge in [-0.3, -0.25) is 9.59 Å². The van der Waals surface area contributed by atoms with Crippen molar-refractivity contribution in [2.75, 3.05) is 5.32 Å². The molecule has 0 aliphatic carbocycles. The molecule has 1 amide bonds. The summed E-state index contributed by atoms with van der Waals surface area (Å²) in [5.74, 6) is -0.309. The van der Waals surface area contributed by atoms with Crippen LogP contribution in [0.25, 0.3) is 4.96 Å². The Morgan fingerprint density at radius 2 is 1.97 bits per heavy atom. The standard InChI is InChI=1S/C22H26N4O4S/c1-13(2)9-17-25-26-18(27)11-16(24-21(26)31-17)12-30-19(28)14-7-6-8-15(10-14)23-20(29)22(3,4)5/h6-8,10-11,13H,9,12H2,1-5H3,(H,23,29). The lowest BCUT2D eigenvalue weighted by atomic mass is 9.95. The zero-order valence-electron chi connectivity index (χ0n) is 18.3. The summed E-state index contributed by atoms with van der Waals surface area (Å²) in [6, 6.07) is 7.84. The molecule has 0 atom stereocenters. The third kappa shape index (κ3) is 5.75. The van der Waals surface area contributed by atoms with E-state index in [1.54, 1.807) is 24.3 Å². The Morgan fingerprint density at radius 3 is 2.65 bits per heavy atom. The number of rotatable bonds is 6. The smallest absolute Gasteiger partial charge is 0.338 e. The first-order valence-electron chi connectivity index (χ1n) is 10.0. The van der Waals surface area contributed by atoms with Gasteiger partial charge in [0, 0.05) is 23.6 Å². The second kappa shape index (κ2) is 8.97. The van der Waals surface area contributed by atoms with Gasteiger partial charge in [-0.1, -0.05) is 52.0 Å². The molecule has 0 saturated carbocycles. The van der Waals surface area contributed by atoms with E-state index in [0.29, 0.717) is 27.8 Å². The van der Waals surface area contributed by atoms with Crippen LogP contribution < -0.4 is 10.9 Å². The summed E-state index contributed by atoms with van der Waals surface area (Å²) < 4.78 is 6.61. The minimum Gasteiger partial charge on any atom is -0.456 e. The molecule has 9 heteroatoms. The average molecular weight is 443 g/mol. The normalized spacial score (nSPS) is 11.7. The Morgan fingerprint density at radius 1 is 1.23 bits per heavy atom. The van der Waals surface area contributed by atoms with Crippen molar-refractivity contribution in [2.24, 2.45) is 11.3 Å². The lowest BCUT2D eigenvalue weighted by molar-refractivity contribution is -0.123. The zero-order valence-corrected chi connectivity index (χ0v) is 19.1. The van der Waals surface area contributed by atoms with Crippen LogP contribution in [0, 0.1) is 11.3 Å². The quantitative estimate of drug-likeness (QED) is 0.584. The zero-order chi connectivity index (χ0) is 22.8. The number of nitrogens with zero attached hydrogens (tertiary/aromatic N) is 3. The molecule has 0 saturated heterocycles. The Balaban J connectivity index is 1.70. The highest BCUT2D eigenvalue weighted by Crippen LogP contribution is 2.19. The summed E-state index contributed by atoms with van der Waals surface area (Å²) in [7, 11) is 0. The van der Waals surface area contributed by atoms with Crippen LogP contribution in [-0.2, 0) is 22.6 Å². The molecule has 0 spiro atoms. The van der Waals surface area contributed by atoms with Gasteiger partial charge in [0.05, 0.1) is 11.3 Å². The molecule has 2 heterocycles. The van der Waals surface area contributed by atoms with E-state index >= 15 is 0 Å². The van der Waals surface area contributed by atoms with Gasteiger partial charge in [0.2, 0.25) is 10.9 Å². The predicted octanol–water partition coefficient (Wildman–Crippen LogP) is 3.69. The lowest BCUT2D eigenvalue weighted by Gasteiger charge is -2.17. The van der Waals surface area contributed by atoms with E-state index in [0.717, 1.165) is 11.4 Å². The summed E-state index contributed by atoms with van der Waals surface area (Å²) in [5, 5.41) is 7.93. The number of ether oxygens (including phenoxy) is 1. The van der Waals surface area contributed by atoms with E-state index in [-0.39, 0.29) is 18.1 Å². The van der Waals surface area contributed by atoms with Crippen molar-refractivity contribution in [3.63, 3.8) is 0 Å². The average Bonchev–Trinajstić information content (AvgIpc) is 3.07. The minimum absolute atomic E-state index is 0.138. The molecule has 0 fully saturated rings. The van der Waals surface area contributed by atoms with Gasteiger partial charge in [-0.05, 0) is 24.1 Å². The molecular weight excluding hydrogens is 416 g/mol. The lowest BCUT2D eigenvalue weighted by Crippen LogP contribution is -2.27. The van der Waals surface area contributed by atoms with Gasteiger partial charge in [0.15, 0.2) is 0 Å².